The van der Waals surface area contributed by atoms with Gasteiger partial charge < -0.3 is 14.2 Å². The van der Waals surface area contributed by atoms with Crippen LogP contribution < -0.4 is 0 Å². The lowest BCUT2D eigenvalue weighted by molar-refractivity contribution is -0.158. The molecular weight excluding hydrogens is 310 g/mol. The number of rotatable bonds is 4. The van der Waals surface area contributed by atoms with E-state index in [-0.39, 0.29) is 24.2 Å². The van der Waals surface area contributed by atoms with Gasteiger partial charge in [-0.25, -0.2) is 4.79 Å². The van der Waals surface area contributed by atoms with E-state index in [0.717, 1.165) is 6.42 Å². The normalized spacial score (nSPS) is 32.4. The highest BCUT2D eigenvalue weighted by Crippen LogP contribution is 2.41. The van der Waals surface area contributed by atoms with Crippen LogP contribution in [0.4, 0.5) is 0 Å². The van der Waals surface area contributed by atoms with E-state index in [9.17, 15) is 9.59 Å². The molecule has 24 heavy (non-hydrogen) atoms. The average Bonchev–Trinajstić information content (AvgIpc) is 2.81. The first-order valence-electron chi connectivity index (χ1n) is 8.15. The van der Waals surface area contributed by atoms with Crippen molar-refractivity contribution in [1.82, 2.24) is 4.90 Å². The Morgan fingerprint density at radius 3 is 2.38 bits per heavy atom. The minimum absolute atomic E-state index is 0.0653. The van der Waals surface area contributed by atoms with Crippen molar-refractivity contribution >= 4 is 11.9 Å². The number of piperidine rings is 1. The van der Waals surface area contributed by atoms with Gasteiger partial charge in [-0.15, -0.1) is 0 Å². The third-order valence-corrected chi connectivity index (χ3v) is 5.25. The Bertz CT molecular complexity index is 605. The molecule has 0 radical (unpaired) electrons. The fourth-order valence-electron chi connectivity index (χ4n) is 4.03. The molecule has 6 heteroatoms. The second-order valence-corrected chi connectivity index (χ2v) is 6.41. The van der Waals surface area contributed by atoms with Gasteiger partial charge in [0.15, 0.2) is 0 Å². The molecule has 0 spiro atoms. The molecule has 0 N–H and O–H groups in total. The largest absolute Gasteiger partial charge is 0.469 e. The number of carbonyl (C=O) groups is 2. The lowest BCUT2D eigenvalue weighted by Crippen LogP contribution is -2.55. The predicted molar refractivity (Wildman–Crippen MR) is 86.5 cm³/mol. The molecule has 2 heterocycles. The molecule has 5 atom stereocenters. The Labute approximate surface area is 141 Å². The lowest BCUT2D eigenvalue weighted by atomic mass is 9.87. The molecule has 0 amide bonds. The molecule has 130 valence electrons. The number of benzene rings is 1. The van der Waals surface area contributed by atoms with Gasteiger partial charge in [0.05, 0.1) is 24.8 Å². The van der Waals surface area contributed by atoms with E-state index in [1.165, 1.54) is 7.11 Å². The Hall–Kier alpha value is -1.92. The van der Waals surface area contributed by atoms with Gasteiger partial charge in [0.1, 0.15) is 12.0 Å². The molecule has 2 saturated heterocycles. The quantitative estimate of drug-likeness (QED) is 0.778. The Morgan fingerprint density at radius 1 is 1.08 bits per heavy atom. The van der Waals surface area contributed by atoms with Gasteiger partial charge in [-0.3, -0.25) is 9.69 Å². The molecule has 1 unspecified atom stereocenters. The zero-order valence-electron chi connectivity index (χ0n) is 14.2. The maximum Gasteiger partial charge on any atom is 0.338 e. The molecule has 0 saturated carbocycles. The molecular formula is C18H23NO5. The van der Waals surface area contributed by atoms with Crippen LogP contribution in [0.5, 0.6) is 0 Å². The average molecular weight is 333 g/mol. The van der Waals surface area contributed by atoms with Crippen molar-refractivity contribution < 1.29 is 23.8 Å². The summed E-state index contributed by atoms with van der Waals surface area (Å²) in [6.45, 7) is 0. The van der Waals surface area contributed by atoms with Crippen molar-refractivity contribution in [2.45, 2.75) is 37.1 Å². The molecule has 0 aliphatic carbocycles. The van der Waals surface area contributed by atoms with E-state index in [2.05, 4.69) is 4.90 Å². The van der Waals surface area contributed by atoms with E-state index in [4.69, 9.17) is 14.2 Å². The molecule has 1 aromatic rings. The third kappa shape index (κ3) is 2.91. The first-order valence-corrected chi connectivity index (χ1v) is 8.15. The Morgan fingerprint density at radius 2 is 1.75 bits per heavy atom. The second-order valence-electron chi connectivity index (χ2n) is 6.41. The second kappa shape index (κ2) is 6.91. The van der Waals surface area contributed by atoms with Crippen LogP contribution in [-0.2, 0) is 19.0 Å². The lowest BCUT2D eigenvalue weighted by Gasteiger charge is -2.41. The smallest absolute Gasteiger partial charge is 0.338 e. The van der Waals surface area contributed by atoms with E-state index in [0.29, 0.717) is 12.0 Å². The maximum atomic E-state index is 12.4. The van der Waals surface area contributed by atoms with Gasteiger partial charge in [-0.05, 0) is 25.6 Å². The van der Waals surface area contributed by atoms with Crippen LogP contribution in [0.3, 0.4) is 0 Å². The van der Waals surface area contributed by atoms with E-state index >= 15 is 0 Å². The van der Waals surface area contributed by atoms with E-state index in [1.54, 1.807) is 31.4 Å². The van der Waals surface area contributed by atoms with Crippen molar-refractivity contribution in [3.05, 3.63) is 35.9 Å². The molecule has 2 aliphatic heterocycles. The number of methoxy groups -OCH3 is 2. The minimum Gasteiger partial charge on any atom is -0.469 e. The predicted octanol–water partition coefficient (Wildman–Crippen LogP) is 1.49. The van der Waals surface area contributed by atoms with E-state index in [1.807, 2.05) is 13.1 Å². The topological polar surface area (TPSA) is 65.1 Å². The van der Waals surface area contributed by atoms with Gasteiger partial charge >= 0.3 is 11.9 Å². The van der Waals surface area contributed by atoms with Crippen molar-refractivity contribution in [2.75, 3.05) is 21.3 Å². The van der Waals surface area contributed by atoms with Gasteiger partial charge in [0.2, 0.25) is 0 Å². The van der Waals surface area contributed by atoms with Crippen molar-refractivity contribution in [3.63, 3.8) is 0 Å². The van der Waals surface area contributed by atoms with Gasteiger partial charge in [0.25, 0.3) is 0 Å². The highest BCUT2D eigenvalue weighted by Gasteiger charge is 2.55. The van der Waals surface area contributed by atoms with Crippen molar-refractivity contribution in [3.8, 4) is 0 Å². The summed E-state index contributed by atoms with van der Waals surface area (Å²) in [5.41, 5.74) is 0.482. The Kier molecular flexibility index (Phi) is 4.87. The summed E-state index contributed by atoms with van der Waals surface area (Å²) in [5.74, 6) is -1.32. The van der Waals surface area contributed by atoms with Crippen molar-refractivity contribution in [2.24, 2.45) is 5.92 Å². The zero-order chi connectivity index (χ0) is 17.3. The number of carbonyl (C=O) groups excluding carboxylic acids is 2. The molecule has 2 aliphatic rings. The van der Waals surface area contributed by atoms with Gasteiger partial charge in [-0.1, -0.05) is 18.2 Å². The fourth-order valence-corrected chi connectivity index (χ4v) is 4.03. The summed E-state index contributed by atoms with van der Waals surface area (Å²) in [6, 6.07) is 8.91. The zero-order valence-corrected chi connectivity index (χ0v) is 14.2. The van der Waals surface area contributed by atoms with Crippen LogP contribution >= 0.6 is 0 Å². The summed E-state index contributed by atoms with van der Waals surface area (Å²) >= 11 is 0. The number of likely N-dealkylation sites (N-methyl/N-ethyl adjacent to an activating group) is 1. The molecule has 6 nitrogen and oxygen atoms in total. The van der Waals surface area contributed by atoms with Gasteiger partial charge in [0, 0.05) is 19.6 Å². The van der Waals surface area contributed by atoms with Crippen LogP contribution in [0.1, 0.15) is 23.2 Å². The van der Waals surface area contributed by atoms with E-state index < -0.39 is 18.0 Å². The summed E-state index contributed by atoms with van der Waals surface area (Å²) in [6.07, 6.45) is 0.858. The molecule has 2 bridgehead atoms. The number of ether oxygens (including phenoxy) is 3. The van der Waals surface area contributed by atoms with Crippen LogP contribution in [0.25, 0.3) is 0 Å². The highest BCUT2D eigenvalue weighted by molar-refractivity contribution is 5.89. The summed E-state index contributed by atoms with van der Waals surface area (Å²) in [5, 5.41) is 0. The number of nitrogens with zero attached hydrogens (tertiary/aromatic N) is 1. The first kappa shape index (κ1) is 16.9. The third-order valence-electron chi connectivity index (χ3n) is 5.25. The fraction of sp³-hybridized carbons (Fsp3) is 0.556. The SMILES string of the molecule is COC(=O)[C@H]1[C@@H](OC(=O)c2ccccc2)C[C@H]2CC(OC)[C@@H]1N2C. The van der Waals surface area contributed by atoms with Crippen LogP contribution in [0.15, 0.2) is 30.3 Å². The summed E-state index contributed by atoms with van der Waals surface area (Å²) in [7, 11) is 5.00. The minimum atomic E-state index is -0.545. The van der Waals surface area contributed by atoms with Crippen LogP contribution in [-0.4, -0.2) is 62.4 Å². The Balaban J connectivity index is 1.84. The monoisotopic (exact) mass is 333 g/mol. The molecule has 1 aromatic carbocycles. The summed E-state index contributed by atoms with van der Waals surface area (Å²) in [4.78, 5) is 27.0. The maximum absolute atomic E-state index is 12.4. The standard InChI is InChI=1S/C18H23NO5/c1-19-12-9-13(24-17(20)11-7-5-4-6-8-11)15(18(21)23-3)16(19)14(10-12)22-2/h4-8,12-16H,9-10H2,1-3H3/t12-,13-,14?,15-,16-/m0/s1. The molecule has 3 rings (SSSR count). The number of esters is 2. The highest BCUT2D eigenvalue weighted by atomic mass is 16.6. The number of hydrogen-bond donors (Lipinski definition) is 0. The molecule has 0 aromatic heterocycles. The molecule has 2 fully saturated rings. The number of fused-ring (bicyclic) bond motifs is 2. The van der Waals surface area contributed by atoms with Crippen LogP contribution in [0.2, 0.25) is 0 Å². The summed E-state index contributed by atoms with van der Waals surface area (Å²) < 4.78 is 16.3. The number of hydrogen-bond acceptors (Lipinski definition) is 6. The van der Waals surface area contributed by atoms with Crippen molar-refractivity contribution in [1.29, 1.82) is 0 Å². The van der Waals surface area contributed by atoms with Crippen LogP contribution in [0, 0.1) is 5.92 Å². The first-order chi connectivity index (χ1) is 11.6. The van der Waals surface area contributed by atoms with Gasteiger partial charge in [-0.2, -0.15) is 0 Å².